The maximum absolute atomic E-state index is 12.0. The van der Waals surface area contributed by atoms with Crippen LogP contribution in [0.4, 0.5) is 4.79 Å². The third kappa shape index (κ3) is 3.61. The number of hydrogen-bond acceptors (Lipinski definition) is 3. The average molecular weight is 242 g/mol. The average Bonchev–Trinajstić information content (AvgIpc) is 2.37. The number of carbonyl (C=O) groups is 2. The Hall–Kier alpha value is -1.26. The number of nitrogens with one attached hydrogen (secondary N) is 1. The van der Waals surface area contributed by atoms with Crippen LogP contribution in [-0.4, -0.2) is 42.6 Å². The molecule has 1 fully saturated rings. The monoisotopic (exact) mass is 242 g/mol. The van der Waals surface area contributed by atoms with Crippen molar-refractivity contribution in [2.45, 2.75) is 51.6 Å². The van der Waals surface area contributed by atoms with Crippen LogP contribution in [0.5, 0.6) is 0 Å². The van der Waals surface area contributed by atoms with Crippen LogP contribution in [0.15, 0.2) is 0 Å². The Balaban J connectivity index is 2.53. The normalized spacial score (nSPS) is 21.8. The van der Waals surface area contributed by atoms with Gasteiger partial charge in [-0.25, -0.2) is 9.59 Å². The van der Waals surface area contributed by atoms with Crippen molar-refractivity contribution in [1.29, 1.82) is 0 Å². The summed E-state index contributed by atoms with van der Waals surface area (Å²) in [4.78, 5) is 25.1. The van der Waals surface area contributed by atoms with Crippen molar-refractivity contribution in [1.82, 2.24) is 10.2 Å². The highest BCUT2D eigenvalue weighted by Gasteiger charge is 2.27. The zero-order valence-electron chi connectivity index (χ0n) is 10.9. The third-order valence-corrected chi connectivity index (χ3v) is 3.25. The summed E-state index contributed by atoms with van der Waals surface area (Å²) in [6.45, 7) is 4.49. The quantitative estimate of drug-likeness (QED) is 0.763. The number of piperidine rings is 1. The molecule has 0 radical (unpaired) electrons. The zero-order valence-corrected chi connectivity index (χ0v) is 10.9. The molecule has 0 aromatic heterocycles. The van der Waals surface area contributed by atoms with E-state index in [2.05, 4.69) is 17.0 Å². The summed E-state index contributed by atoms with van der Waals surface area (Å²) in [7, 11) is 1.32. The van der Waals surface area contributed by atoms with E-state index in [0.29, 0.717) is 6.04 Å². The largest absolute Gasteiger partial charge is 0.467 e. The van der Waals surface area contributed by atoms with Gasteiger partial charge in [0.25, 0.3) is 0 Å². The van der Waals surface area contributed by atoms with Gasteiger partial charge in [-0.05, 0) is 32.6 Å². The van der Waals surface area contributed by atoms with Crippen molar-refractivity contribution in [3.05, 3.63) is 0 Å². The molecular formula is C12H22N2O3. The van der Waals surface area contributed by atoms with Crippen molar-refractivity contribution < 1.29 is 14.3 Å². The van der Waals surface area contributed by atoms with E-state index in [9.17, 15) is 9.59 Å². The van der Waals surface area contributed by atoms with Gasteiger partial charge in [0.2, 0.25) is 0 Å². The number of amides is 2. The molecule has 5 heteroatoms. The molecular weight excluding hydrogens is 220 g/mol. The van der Waals surface area contributed by atoms with Gasteiger partial charge in [0.15, 0.2) is 0 Å². The molecule has 1 aliphatic heterocycles. The fourth-order valence-electron chi connectivity index (χ4n) is 2.20. The summed E-state index contributed by atoms with van der Waals surface area (Å²) in [5.74, 6) is -0.414. The van der Waals surface area contributed by atoms with E-state index in [1.807, 2.05) is 4.90 Å². The second-order valence-electron chi connectivity index (χ2n) is 4.45. The summed E-state index contributed by atoms with van der Waals surface area (Å²) in [6.07, 6.45) is 4.22. The topological polar surface area (TPSA) is 58.6 Å². The Morgan fingerprint density at radius 1 is 1.47 bits per heavy atom. The van der Waals surface area contributed by atoms with Gasteiger partial charge in [-0.1, -0.05) is 6.92 Å². The van der Waals surface area contributed by atoms with Crippen LogP contribution in [0.25, 0.3) is 0 Å². The summed E-state index contributed by atoms with van der Waals surface area (Å²) >= 11 is 0. The standard InChI is InChI=1S/C12H22N2O3/c1-4-10-7-5-6-8-14(10)12(16)13-9(2)11(15)17-3/h9-10H,4-8H2,1-3H3,(H,13,16)/t9-,10-/m0/s1. The molecule has 1 heterocycles. The molecule has 0 spiro atoms. The Morgan fingerprint density at radius 3 is 2.76 bits per heavy atom. The van der Waals surface area contributed by atoms with Crippen LogP contribution in [0, 0.1) is 0 Å². The van der Waals surface area contributed by atoms with E-state index in [4.69, 9.17) is 0 Å². The number of hydrogen-bond donors (Lipinski definition) is 1. The molecule has 17 heavy (non-hydrogen) atoms. The molecule has 2 amide bonds. The van der Waals surface area contributed by atoms with Crippen molar-refractivity contribution in [3.63, 3.8) is 0 Å². The minimum absolute atomic E-state index is 0.158. The van der Waals surface area contributed by atoms with Gasteiger partial charge < -0.3 is 15.0 Å². The van der Waals surface area contributed by atoms with Gasteiger partial charge in [-0.3, -0.25) is 0 Å². The Kier molecular flexibility index (Phi) is 5.25. The van der Waals surface area contributed by atoms with Crippen molar-refractivity contribution in [2.75, 3.05) is 13.7 Å². The lowest BCUT2D eigenvalue weighted by Crippen LogP contribution is -2.52. The molecule has 98 valence electrons. The first kappa shape index (κ1) is 13.8. The van der Waals surface area contributed by atoms with Gasteiger partial charge in [0.1, 0.15) is 6.04 Å². The number of nitrogens with zero attached hydrogens (tertiary/aromatic N) is 1. The van der Waals surface area contributed by atoms with E-state index in [1.54, 1.807) is 6.92 Å². The lowest BCUT2D eigenvalue weighted by atomic mass is 10.0. The van der Waals surface area contributed by atoms with Crippen molar-refractivity contribution >= 4 is 12.0 Å². The SMILES string of the molecule is CC[C@H]1CCCCN1C(=O)N[C@@H](C)C(=O)OC. The molecule has 0 saturated carbocycles. The number of ether oxygens (including phenoxy) is 1. The maximum atomic E-state index is 12.0. The smallest absolute Gasteiger partial charge is 0.328 e. The number of methoxy groups -OCH3 is 1. The molecule has 0 aliphatic carbocycles. The predicted octanol–water partition coefficient (Wildman–Crippen LogP) is 1.52. The lowest BCUT2D eigenvalue weighted by Gasteiger charge is -2.35. The van der Waals surface area contributed by atoms with Crippen LogP contribution in [-0.2, 0) is 9.53 Å². The summed E-state index contributed by atoms with van der Waals surface area (Å²) in [5.41, 5.74) is 0. The van der Waals surface area contributed by atoms with Crippen LogP contribution in [0.1, 0.15) is 39.5 Å². The number of rotatable bonds is 3. The van der Waals surface area contributed by atoms with Gasteiger partial charge in [0.05, 0.1) is 7.11 Å². The van der Waals surface area contributed by atoms with Crippen molar-refractivity contribution in [2.24, 2.45) is 0 Å². The van der Waals surface area contributed by atoms with Crippen LogP contribution in [0.3, 0.4) is 0 Å². The lowest BCUT2D eigenvalue weighted by molar-refractivity contribution is -0.142. The molecule has 1 rings (SSSR count). The van der Waals surface area contributed by atoms with Gasteiger partial charge in [-0.2, -0.15) is 0 Å². The van der Waals surface area contributed by atoms with E-state index >= 15 is 0 Å². The molecule has 1 aliphatic rings. The van der Waals surface area contributed by atoms with Gasteiger partial charge in [-0.15, -0.1) is 0 Å². The predicted molar refractivity (Wildman–Crippen MR) is 64.6 cm³/mol. The molecule has 0 aromatic rings. The Labute approximate surface area is 102 Å². The summed E-state index contributed by atoms with van der Waals surface area (Å²) in [5, 5.41) is 2.68. The Bertz CT molecular complexity index is 281. The molecule has 1 saturated heterocycles. The third-order valence-electron chi connectivity index (χ3n) is 3.25. The second-order valence-corrected chi connectivity index (χ2v) is 4.45. The molecule has 0 unspecified atom stereocenters. The van der Waals surface area contributed by atoms with Crippen LogP contribution >= 0.6 is 0 Å². The van der Waals surface area contributed by atoms with Crippen LogP contribution in [0.2, 0.25) is 0 Å². The first-order valence-corrected chi connectivity index (χ1v) is 6.25. The molecule has 0 bridgehead atoms. The summed E-state index contributed by atoms with van der Waals surface area (Å²) < 4.78 is 4.58. The van der Waals surface area contributed by atoms with E-state index < -0.39 is 12.0 Å². The van der Waals surface area contributed by atoms with E-state index in [-0.39, 0.29) is 6.03 Å². The number of carbonyl (C=O) groups excluding carboxylic acids is 2. The number of esters is 1. The second kappa shape index (κ2) is 6.47. The number of urea groups is 1. The fourth-order valence-corrected chi connectivity index (χ4v) is 2.20. The van der Waals surface area contributed by atoms with E-state index in [0.717, 1.165) is 25.8 Å². The number of likely N-dealkylation sites (tertiary alicyclic amines) is 1. The minimum Gasteiger partial charge on any atom is -0.467 e. The molecule has 5 nitrogen and oxygen atoms in total. The highest BCUT2D eigenvalue weighted by molar-refractivity contribution is 5.83. The van der Waals surface area contributed by atoms with E-state index in [1.165, 1.54) is 13.5 Å². The first-order valence-electron chi connectivity index (χ1n) is 6.25. The van der Waals surface area contributed by atoms with Gasteiger partial charge in [0, 0.05) is 12.6 Å². The fraction of sp³-hybridized carbons (Fsp3) is 0.833. The highest BCUT2D eigenvalue weighted by atomic mass is 16.5. The first-order chi connectivity index (χ1) is 8.10. The van der Waals surface area contributed by atoms with Gasteiger partial charge >= 0.3 is 12.0 Å². The molecule has 1 N–H and O–H groups in total. The van der Waals surface area contributed by atoms with Crippen LogP contribution < -0.4 is 5.32 Å². The van der Waals surface area contributed by atoms with Crippen molar-refractivity contribution in [3.8, 4) is 0 Å². The summed E-state index contributed by atoms with van der Waals surface area (Å²) in [6, 6.07) is -0.449. The Morgan fingerprint density at radius 2 is 2.18 bits per heavy atom. The molecule has 0 aromatic carbocycles. The zero-order chi connectivity index (χ0) is 12.8. The highest BCUT2D eigenvalue weighted by Crippen LogP contribution is 2.19. The maximum Gasteiger partial charge on any atom is 0.328 e. The minimum atomic E-state index is -0.591. The molecule has 2 atom stereocenters.